The van der Waals surface area contributed by atoms with E-state index in [4.69, 9.17) is 4.74 Å². The summed E-state index contributed by atoms with van der Waals surface area (Å²) in [5, 5.41) is 2.63. The van der Waals surface area contributed by atoms with Crippen molar-refractivity contribution in [3.8, 4) is 0 Å². The maximum absolute atomic E-state index is 13.8. The van der Waals surface area contributed by atoms with E-state index in [1.54, 1.807) is 25.1 Å². The summed E-state index contributed by atoms with van der Waals surface area (Å²) in [4.78, 5) is 11.3. The van der Waals surface area contributed by atoms with Crippen LogP contribution in [0.5, 0.6) is 0 Å². The van der Waals surface area contributed by atoms with Gasteiger partial charge >= 0.3 is 0 Å². The van der Waals surface area contributed by atoms with Crippen LogP contribution in [0.15, 0.2) is 28.7 Å². The number of carbonyl (C=O) groups excluding carboxylic acids is 1. The summed E-state index contributed by atoms with van der Waals surface area (Å²) in [6, 6.07) is 7.15. The van der Waals surface area contributed by atoms with Crippen LogP contribution in [0, 0.1) is 0 Å². The van der Waals surface area contributed by atoms with Crippen molar-refractivity contribution in [3.05, 3.63) is 34.3 Å². The Labute approximate surface area is 101 Å². The van der Waals surface area contributed by atoms with Gasteiger partial charge in [-0.1, -0.05) is 28.1 Å². The SMILES string of the molecule is C[C@]1(c2cccc(Br)c2)NC(=O)CO[C@@H]1F. The molecule has 16 heavy (non-hydrogen) atoms. The van der Waals surface area contributed by atoms with Crippen LogP contribution >= 0.6 is 15.9 Å². The second-order valence-electron chi connectivity index (χ2n) is 3.89. The zero-order chi connectivity index (χ0) is 11.8. The second kappa shape index (κ2) is 4.14. The molecule has 1 aromatic rings. The van der Waals surface area contributed by atoms with Gasteiger partial charge in [-0.3, -0.25) is 4.79 Å². The first-order valence-corrected chi connectivity index (χ1v) is 5.64. The highest BCUT2D eigenvalue weighted by molar-refractivity contribution is 9.10. The number of amides is 1. The normalized spacial score (nSPS) is 29.9. The van der Waals surface area contributed by atoms with Gasteiger partial charge in [0.15, 0.2) is 0 Å². The predicted molar refractivity (Wildman–Crippen MR) is 60.5 cm³/mol. The molecule has 0 aromatic heterocycles. The summed E-state index contributed by atoms with van der Waals surface area (Å²) < 4.78 is 19.4. The van der Waals surface area contributed by atoms with Gasteiger partial charge in [-0.05, 0) is 24.6 Å². The maximum atomic E-state index is 13.8. The molecule has 5 heteroatoms. The van der Waals surface area contributed by atoms with Gasteiger partial charge in [0.25, 0.3) is 0 Å². The molecule has 0 radical (unpaired) electrons. The largest absolute Gasteiger partial charge is 0.340 e. The Morgan fingerprint density at radius 3 is 3.06 bits per heavy atom. The zero-order valence-electron chi connectivity index (χ0n) is 8.67. The lowest BCUT2D eigenvalue weighted by atomic mass is 9.91. The van der Waals surface area contributed by atoms with E-state index in [1.807, 2.05) is 6.07 Å². The molecule has 1 heterocycles. The van der Waals surface area contributed by atoms with E-state index in [1.165, 1.54) is 0 Å². The van der Waals surface area contributed by atoms with Gasteiger partial charge in [0, 0.05) is 4.47 Å². The van der Waals surface area contributed by atoms with Crippen LogP contribution in [0.25, 0.3) is 0 Å². The van der Waals surface area contributed by atoms with Gasteiger partial charge in [-0.15, -0.1) is 0 Å². The number of hydrogen-bond acceptors (Lipinski definition) is 2. The summed E-state index contributed by atoms with van der Waals surface area (Å²) in [6.07, 6.45) is -1.54. The molecule has 1 amide bonds. The molecule has 0 saturated carbocycles. The number of benzene rings is 1. The van der Waals surface area contributed by atoms with Crippen LogP contribution in [0.2, 0.25) is 0 Å². The number of carbonyl (C=O) groups is 1. The van der Waals surface area contributed by atoms with Crippen molar-refractivity contribution < 1.29 is 13.9 Å². The number of hydrogen-bond donors (Lipinski definition) is 1. The Morgan fingerprint density at radius 1 is 1.62 bits per heavy atom. The molecule has 2 atom stereocenters. The fraction of sp³-hybridized carbons (Fsp3) is 0.364. The van der Waals surface area contributed by atoms with Crippen molar-refractivity contribution in [2.75, 3.05) is 6.61 Å². The summed E-state index contributed by atoms with van der Waals surface area (Å²) in [6.45, 7) is 1.38. The van der Waals surface area contributed by atoms with Gasteiger partial charge in [-0.2, -0.15) is 0 Å². The lowest BCUT2D eigenvalue weighted by Gasteiger charge is -2.37. The third kappa shape index (κ3) is 1.97. The molecule has 0 bridgehead atoms. The van der Waals surface area contributed by atoms with Crippen LogP contribution in [-0.2, 0) is 15.1 Å². The molecule has 86 valence electrons. The molecule has 1 aromatic carbocycles. The van der Waals surface area contributed by atoms with E-state index < -0.39 is 11.9 Å². The Hall–Kier alpha value is -0.940. The van der Waals surface area contributed by atoms with E-state index in [-0.39, 0.29) is 12.5 Å². The van der Waals surface area contributed by atoms with Crippen LogP contribution in [0.1, 0.15) is 12.5 Å². The molecule has 0 spiro atoms. The predicted octanol–water partition coefficient (Wildman–Crippen LogP) is 2.11. The molecule has 0 unspecified atom stereocenters. The molecule has 1 N–H and O–H groups in total. The number of morpholine rings is 1. The average molecular weight is 288 g/mol. The Bertz CT molecular complexity index is 426. The fourth-order valence-electron chi connectivity index (χ4n) is 1.71. The Morgan fingerprint density at radius 2 is 2.38 bits per heavy atom. The van der Waals surface area contributed by atoms with Crippen molar-refractivity contribution in [2.24, 2.45) is 0 Å². The van der Waals surface area contributed by atoms with Gasteiger partial charge in [-0.25, -0.2) is 4.39 Å². The first-order valence-electron chi connectivity index (χ1n) is 4.85. The van der Waals surface area contributed by atoms with Crippen LogP contribution in [0.3, 0.4) is 0 Å². The Balaban J connectivity index is 2.39. The molecule has 1 fully saturated rings. The summed E-state index contributed by atoms with van der Waals surface area (Å²) >= 11 is 3.31. The molecule has 1 saturated heterocycles. The summed E-state index contributed by atoms with van der Waals surface area (Å²) in [7, 11) is 0. The van der Waals surface area contributed by atoms with E-state index in [0.29, 0.717) is 5.56 Å². The molecule has 2 rings (SSSR count). The van der Waals surface area contributed by atoms with Crippen molar-refractivity contribution in [1.82, 2.24) is 5.32 Å². The van der Waals surface area contributed by atoms with Crippen molar-refractivity contribution in [3.63, 3.8) is 0 Å². The average Bonchev–Trinajstić information content (AvgIpc) is 2.24. The zero-order valence-corrected chi connectivity index (χ0v) is 10.3. The maximum Gasteiger partial charge on any atom is 0.247 e. The van der Waals surface area contributed by atoms with E-state index in [0.717, 1.165) is 4.47 Å². The number of nitrogens with one attached hydrogen (secondary N) is 1. The van der Waals surface area contributed by atoms with Crippen LogP contribution < -0.4 is 5.32 Å². The molecule has 0 aliphatic carbocycles. The quantitative estimate of drug-likeness (QED) is 0.859. The highest BCUT2D eigenvalue weighted by Gasteiger charge is 2.42. The topological polar surface area (TPSA) is 38.3 Å². The molecule has 3 nitrogen and oxygen atoms in total. The highest BCUT2D eigenvalue weighted by atomic mass is 79.9. The standard InChI is InChI=1S/C11H11BrFNO2/c1-11(7-3-2-4-8(12)5-7)10(13)16-6-9(15)14-11/h2-5,10H,6H2,1H3,(H,14,15)/t10-,11+/m0/s1. The molecular formula is C11H11BrFNO2. The minimum Gasteiger partial charge on any atom is -0.340 e. The van der Waals surface area contributed by atoms with Gasteiger partial charge in [0.05, 0.1) is 0 Å². The third-order valence-corrected chi connectivity index (χ3v) is 3.13. The number of alkyl halides is 1. The lowest BCUT2D eigenvalue weighted by Crippen LogP contribution is -2.56. The second-order valence-corrected chi connectivity index (χ2v) is 4.80. The van der Waals surface area contributed by atoms with E-state index >= 15 is 0 Å². The minimum absolute atomic E-state index is 0.231. The van der Waals surface area contributed by atoms with Crippen molar-refractivity contribution in [2.45, 2.75) is 18.8 Å². The first kappa shape index (κ1) is 11.5. The van der Waals surface area contributed by atoms with Crippen molar-refractivity contribution in [1.29, 1.82) is 0 Å². The lowest BCUT2D eigenvalue weighted by molar-refractivity contribution is -0.162. The fourth-order valence-corrected chi connectivity index (χ4v) is 2.11. The minimum atomic E-state index is -1.54. The first-order chi connectivity index (χ1) is 7.52. The molecule has 1 aliphatic rings. The van der Waals surface area contributed by atoms with E-state index in [2.05, 4.69) is 21.2 Å². The number of rotatable bonds is 1. The Kier molecular flexibility index (Phi) is 2.99. The van der Waals surface area contributed by atoms with Gasteiger partial charge in [0.2, 0.25) is 12.3 Å². The third-order valence-electron chi connectivity index (χ3n) is 2.64. The van der Waals surface area contributed by atoms with E-state index in [9.17, 15) is 9.18 Å². The molecule has 1 aliphatic heterocycles. The van der Waals surface area contributed by atoms with Gasteiger partial charge < -0.3 is 10.1 Å². The van der Waals surface area contributed by atoms with Gasteiger partial charge in [0.1, 0.15) is 12.1 Å². The smallest absolute Gasteiger partial charge is 0.247 e. The number of halogens is 2. The highest BCUT2D eigenvalue weighted by Crippen LogP contribution is 2.31. The van der Waals surface area contributed by atoms with Crippen LogP contribution in [0.4, 0.5) is 4.39 Å². The monoisotopic (exact) mass is 287 g/mol. The summed E-state index contributed by atoms with van der Waals surface area (Å²) in [5.41, 5.74) is -0.457. The van der Waals surface area contributed by atoms with Crippen LogP contribution in [-0.4, -0.2) is 18.9 Å². The summed E-state index contributed by atoms with van der Waals surface area (Å²) in [5.74, 6) is -0.309. The number of ether oxygens (including phenoxy) is 1. The molecular weight excluding hydrogens is 277 g/mol. The van der Waals surface area contributed by atoms with Crippen molar-refractivity contribution >= 4 is 21.8 Å².